The number of nitrogen functional groups attached to an aromatic ring is 1. The molecular weight excluding hydrogens is 244 g/mol. The summed E-state index contributed by atoms with van der Waals surface area (Å²) in [6.45, 7) is 2.96. The van der Waals surface area contributed by atoms with Crippen LogP contribution in [0, 0.1) is 0 Å². The molecule has 1 amide bonds. The van der Waals surface area contributed by atoms with Crippen LogP contribution in [-0.4, -0.2) is 56.2 Å². The van der Waals surface area contributed by atoms with Crippen molar-refractivity contribution in [2.24, 2.45) is 0 Å². The van der Waals surface area contributed by atoms with Gasteiger partial charge >= 0.3 is 0 Å². The number of carbonyl (C=O) groups excluding carboxylic acids is 1. The van der Waals surface area contributed by atoms with E-state index in [-0.39, 0.29) is 12.3 Å². The van der Waals surface area contributed by atoms with Crippen LogP contribution in [0.3, 0.4) is 0 Å². The van der Waals surface area contributed by atoms with Crippen LogP contribution in [0.15, 0.2) is 18.3 Å². The average Bonchev–Trinajstić information content (AvgIpc) is 2.39. The lowest BCUT2D eigenvalue weighted by molar-refractivity contribution is -0.120. The summed E-state index contributed by atoms with van der Waals surface area (Å²) in [5.41, 5.74) is 6.85. The molecule has 0 bridgehead atoms. The number of rotatable bonds is 8. The molecule has 1 aromatic heterocycles. The topological polar surface area (TPSA) is 80.5 Å². The fraction of sp³-hybridized carbons (Fsp3) is 0.538. The molecule has 0 aliphatic rings. The molecule has 0 spiro atoms. The zero-order chi connectivity index (χ0) is 14.1. The van der Waals surface area contributed by atoms with Crippen LogP contribution in [0.5, 0.6) is 0 Å². The Balaban J connectivity index is 2.19. The number of amides is 1. The fourth-order valence-electron chi connectivity index (χ4n) is 1.51. The molecule has 0 radical (unpaired) electrons. The third-order valence-corrected chi connectivity index (χ3v) is 2.68. The fourth-order valence-corrected chi connectivity index (χ4v) is 1.51. The molecule has 19 heavy (non-hydrogen) atoms. The van der Waals surface area contributed by atoms with Crippen molar-refractivity contribution in [1.82, 2.24) is 15.2 Å². The lowest BCUT2D eigenvalue weighted by atomic mass is 10.2. The monoisotopic (exact) mass is 266 g/mol. The third-order valence-electron chi connectivity index (χ3n) is 2.68. The van der Waals surface area contributed by atoms with Gasteiger partial charge in [-0.2, -0.15) is 0 Å². The lowest BCUT2D eigenvalue weighted by Gasteiger charge is -2.16. The van der Waals surface area contributed by atoms with Crippen LogP contribution in [0.4, 0.5) is 5.69 Å². The standard InChI is InChI=1S/C13H22N4O2/c1-17(7-8-19-2)6-5-15-13(18)9-12-4-3-11(14)10-16-12/h3-4,10H,5-9,14H2,1-2H3,(H,15,18). The van der Waals surface area contributed by atoms with Crippen LogP contribution in [0.2, 0.25) is 0 Å². The highest BCUT2D eigenvalue weighted by Gasteiger charge is 2.04. The largest absolute Gasteiger partial charge is 0.397 e. The summed E-state index contributed by atoms with van der Waals surface area (Å²) in [4.78, 5) is 17.9. The Hall–Kier alpha value is -1.66. The average molecular weight is 266 g/mol. The molecular formula is C13H22N4O2. The number of nitrogens with zero attached hydrogens (tertiary/aromatic N) is 2. The zero-order valence-electron chi connectivity index (χ0n) is 11.6. The summed E-state index contributed by atoms with van der Waals surface area (Å²) in [5, 5.41) is 2.86. The normalized spacial score (nSPS) is 10.7. The van der Waals surface area contributed by atoms with E-state index in [0.29, 0.717) is 18.8 Å². The predicted molar refractivity (Wildman–Crippen MR) is 74.7 cm³/mol. The summed E-state index contributed by atoms with van der Waals surface area (Å²) in [6.07, 6.45) is 1.84. The Morgan fingerprint density at radius 1 is 1.47 bits per heavy atom. The molecule has 106 valence electrons. The Labute approximate surface area is 113 Å². The Bertz CT molecular complexity index is 381. The van der Waals surface area contributed by atoms with Gasteiger partial charge in [0.15, 0.2) is 0 Å². The van der Waals surface area contributed by atoms with E-state index in [2.05, 4.69) is 15.2 Å². The van der Waals surface area contributed by atoms with Crippen molar-refractivity contribution in [3.05, 3.63) is 24.0 Å². The second-order valence-electron chi connectivity index (χ2n) is 4.41. The van der Waals surface area contributed by atoms with E-state index in [1.54, 1.807) is 25.4 Å². The summed E-state index contributed by atoms with van der Waals surface area (Å²) >= 11 is 0. The van der Waals surface area contributed by atoms with Gasteiger partial charge in [-0.05, 0) is 19.2 Å². The number of hydrogen-bond acceptors (Lipinski definition) is 5. The highest BCUT2D eigenvalue weighted by Crippen LogP contribution is 2.01. The quantitative estimate of drug-likeness (QED) is 0.687. The summed E-state index contributed by atoms with van der Waals surface area (Å²) in [5.74, 6) is -0.0302. The van der Waals surface area contributed by atoms with Crippen LogP contribution >= 0.6 is 0 Å². The number of hydrogen-bond donors (Lipinski definition) is 2. The van der Waals surface area contributed by atoms with E-state index in [1.807, 2.05) is 7.05 Å². The number of anilines is 1. The third kappa shape index (κ3) is 6.73. The molecule has 6 heteroatoms. The maximum atomic E-state index is 11.7. The van der Waals surface area contributed by atoms with Gasteiger partial charge in [-0.15, -0.1) is 0 Å². The summed E-state index contributed by atoms with van der Waals surface area (Å²) in [6, 6.07) is 3.51. The van der Waals surface area contributed by atoms with Gasteiger partial charge in [-0.1, -0.05) is 0 Å². The van der Waals surface area contributed by atoms with Gasteiger partial charge in [0.2, 0.25) is 5.91 Å². The van der Waals surface area contributed by atoms with Crippen molar-refractivity contribution in [1.29, 1.82) is 0 Å². The van der Waals surface area contributed by atoms with Gasteiger partial charge in [-0.3, -0.25) is 9.78 Å². The first kappa shape index (κ1) is 15.4. The van der Waals surface area contributed by atoms with Crippen LogP contribution in [0.25, 0.3) is 0 Å². The Kier molecular flexibility index (Phi) is 6.84. The minimum absolute atomic E-state index is 0.0302. The molecule has 0 fully saturated rings. The molecule has 0 aliphatic carbocycles. The summed E-state index contributed by atoms with van der Waals surface area (Å²) < 4.78 is 4.98. The van der Waals surface area contributed by atoms with Crippen molar-refractivity contribution < 1.29 is 9.53 Å². The van der Waals surface area contributed by atoms with Crippen molar-refractivity contribution in [2.45, 2.75) is 6.42 Å². The second-order valence-corrected chi connectivity index (χ2v) is 4.41. The van der Waals surface area contributed by atoms with Crippen molar-refractivity contribution in [3.63, 3.8) is 0 Å². The molecule has 1 rings (SSSR count). The van der Waals surface area contributed by atoms with Crippen LogP contribution < -0.4 is 11.1 Å². The predicted octanol–water partition coefficient (Wildman–Crippen LogP) is -0.0993. The van der Waals surface area contributed by atoms with Gasteiger partial charge in [0, 0.05) is 32.4 Å². The molecule has 0 unspecified atom stereocenters. The molecule has 0 saturated heterocycles. The smallest absolute Gasteiger partial charge is 0.226 e. The first-order valence-corrected chi connectivity index (χ1v) is 6.26. The Morgan fingerprint density at radius 3 is 2.89 bits per heavy atom. The van der Waals surface area contributed by atoms with Crippen molar-refractivity contribution >= 4 is 11.6 Å². The van der Waals surface area contributed by atoms with Crippen LogP contribution in [-0.2, 0) is 16.0 Å². The molecule has 0 saturated carbocycles. The van der Waals surface area contributed by atoms with Gasteiger partial charge in [-0.25, -0.2) is 0 Å². The maximum Gasteiger partial charge on any atom is 0.226 e. The first-order valence-electron chi connectivity index (χ1n) is 6.26. The number of pyridine rings is 1. The van der Waals surface area contributed by atoms with Crippen molar-refractivity contribution in [2.75, 3.05) is 46.1 Å². The SMILES string of the molecule is COCCN(C)CCNC(=O)Cc1ccc(N)cn1. The summed E-state index contributed by atoms with van der Waals surface area (Å²) in [7, 11) is 3.67. The second kappa shape index (κ2) is 8.44. The highest BCUT2D eigenvalue weighted by atomic mass is 16.5. The van der Waals surface area contributed by atoms with E-state index >= 15 is 0 Å². The van der Waals surface area contributed by atoms with Gasteiger partial charge < -0.3 is 20.7 Å². The minimum Gasteiger partial charge on any atom is -0.397 e. The molecule has 0 aliphatic heterocycles. The van der Waals surface area contributed by atoms with E-state index < -0.39 is 0 Å². The van der Waals surface area contributed by atoms with E-state index in [4.69, 9.17) is 10.5 Å². The number of nitrogens with two attached hydrogens (primary N) is 1. The number of nitrogens with one attached hydrogen (secondary N) is 1. The van der Waals surface area contributed by atoms with E-state index in [9.17, 15) is 4.79 Å². The van der Waals surface area contributed by atoms with Crippen molar-refractivity contribution in [3.8, 4) is 0 Å². The number of carbonyl (C=O) groups is 1. The Morgan fingerprint density at radius 2 is 2.26 bits per heavy atom. The zero-order valence-corrected chi connectivity index (χ0v) is 11.6. The minimum atomic E-state index is -0.0302. The molecule has 0 aromatic carbocycles. The van der Waals surface area contributed by atoms with Gasteiger partial charge in [0.1, 0.15) is 0 Å². The highest BCUT2D eigenvalue weighted by molar-refractivity contribution is 5.78. The molecule has 1 heterocycles. The number of methoxy groups -OCH3 is 1. The maximum absolute atomic E-state index is 11.7. The molecule has 6 nitrogen and oxygen atoms in total. The molecule has 1 aromatic rings. The number of ether oxygens (including phenoxy) is 1. The lowest BCUT2D eigenvalue weighted by Crippen LogP contribution is -2.35. The molecule has 3 N–H and O–H groups in total. The van der Waals surface area contributed by atoms with E-state index in [1.165, 1.54) is 0 Å². The first-order chi connectivity index (χ1) is 9.11. The number of aromatic nitrogens is 1. The number of likely N-dealkylation sites (N-methyl/N-ethyl adjacent to an activating group) is 1. The van der Waals surface area contributed by atoms with E-state index in [0.717, 1.165) is 18.8 Å². The van der Waals surface area contributed by atoms with Crippen LogP contribution in [0.1, 0.15) is 5.69 Å². The van der Waals surface area contributed by atoms with Gasteiger partial charge in [0.05, 0.1) is 24.9 Å². The van der Waals surface area contributed by atoms with Gasteiger partial charge in [0.25, 0.3) is 0 Å². The molecule has 0 atom stereocenters.